The highest BCUT2D eigenvalue weighted by Gasteiger charge is 2.34. The third-order valence-electron chi connectivity index (χ3n) is 3.19. The number of alkyl halides is 3. The molecule has 1 aliphatic heterocycles. The summed E-state index contributed by atoms with van der Waals surface area (Å²) in [6.07, 6.45) is -1.87. The van der Waals surface area contributed by atoms with Crippen molar-refractivity contribution in [3.8, 4) is 6.07 Å². The Bertz CT molecular complexity index is 575. The molecular formula is C14H13F3N2OS. The van der Waals surface area contributed by atoms with Gasteiger partial charge >= 0.3 is 6.18 Å². The molecule has 1 unspecified atom stereocenters. The van der Waals surface area contributed by atoms with Gasteiger partial charge in [-0.05, 0) is 36.8 Å². The fraction of sp³-hybridized carbons (Fsp3) is 0.429. The maximum absolute atomic E-state index is 12.8. The summed E-state index contributed by atoms with van der Waals surface area (Å²) in [5, 5.41) is 11.0. The van der Waals surface area contributed by atoms with Gasteiger partial charge in [-0.2, -0.15) is 18.4 Å². The van der Waals surface area contributed by atoms with Crippen LogP contribution in [0.2, 0.25) is 0 Å². The highest BCUT2D eigenvalue weighted by atomic mass is 32.2. The molecule has 1 atom stereocenters. The second-order valence-electron chi connectivity index (χ2n) is 4.71. The Morgan fingerprint density at radius 1 is 1.38 bits per heavy atom. The number of carbonyl (C=O) groups excluding carboxylic acids is 1. The number of thioether (sulfide) groups is 1. The molecule has 1 aromatic rings. The molecule has 1 heterocycles. The molecule has 0 spiro atoms. The van der Waals surface area contributed by atoms with E-state index in [4.69, 9.17) is 5.26 Å². The van der Waals surface area contributed by atoms with E-state index in [0.717, 1.165) is 37.1 Å². The minimum Gasteiger partial charge on any atom is -0.325 e. The number of rotatable bonds is 2. The Kier molecular flexibility index (Phi) is 4.78. The summed E-state index contributed by atoms with van der Waals surface area (Å²) in [5.41, 5.74) is -1.41. The lowest BCUT2D eigenvalue weighted by molar-refractivity contribution is -0.137. The topological polar surface area (TPSA) is 52.9 Å². The van der Waals surface area contributed by atoms with Crippen molar-refractivity contribution >= 4 is 23.4 Å². The minimum absolute atomic E-state index is 0.0671. The molecule has 2 rings (SSSR count). The number of hydrogen-bond donors (Lipinski definition) is 1. The summed E-state index contributed by atoms with van der Waals surface area (Å²) in [6, 6.07) is 4.71. The number of anilines is 1. The molecule has 0 aromatic heterocycles. The monoisotopic (exact) mass is 314 g/mol. The quantitative estimate of drug-likeness (QED) is 0.903. The van der Waals surface area contributed by atoms with Crippen molar-refractivity contribution in [2.75, 3.05) is 11.1 Å². The molecule has 1 saturated heterocycles. The molecule has 1 fully saturated rings. The molecule has 21 heavy (non-hydrogen) atoms. The highest BCUT2D eigenvalue weighted by molar-refractivity contribution is 8.00. The van der Waals surface area contributed by atoms with Crippen LogP contribution in [0.4, 0.5) is 18.9 Å². The average molecular weight is 314 g/mol. The van der Waals surface area contributed by atoms with E-state index in [2.05, 4.69) is 5.32 Å². The molecule has 1 aromatic carbocycles. The second-order valence-corrected chi connectivity index (χ2v) is 6.03. The van der Waals surface area contributed by atoms with Crippen LogP contribution in [0, 0.1) is 11.3 Å². The normalized spacial score (nSPS) is 18.9. The molecule has 0 bridgehead atoms. The minimum atomic E-state index is -4.62. The number of hydrogen-bond acceptors (Lipinski definition) is 3. The molecule has 1 amide bonds. The molecule has 7 heteroatoms. The van der Waals surface area contributed by atoms with E-state index < -0.39 is 17.3 Å². The van der Waals surface area contributed by atoms with Crippen LogP contribution >= 0.6 is 11.8 Å². The lowest BCUT2D eigenvalue weighted by Crippen LogP contribution is -2.27. The zero-order valence-corrected chi connectivity index (χ0v) is 11.9. The fourth-order valence-electron chi connectivity index (χ4n) is 2.12. The lowest BCUT2D eigenvalue weighted by Gasteiger charge is -2.20. The average Bonchev–Trinajstić information content (AvgIpc) is 2.47. The molecule has 0 saturated carbocycles. The number of carbonyl (C=O) groups is 1. The first kappa shape index (κ1) is 15.7. The molecule has 1 N–H and O–H groups in total. The number of benzene rings is 1. The zero-order chi connectivity index (χ0) is 15.5. The van der Waals surface area contributed by atoms with Crippen LogP contribution in [0.1, 0.15) is 30.4 Å². The van der Waals surface area contributed by atoms with E-state index in [0.29, 0.717) is 0 Å². The first-order valence-electron chi connectivity index (χ1n) is 6.45. The Labute approximate surface area is 124 Å². The van der Waals surface area contributed by atoms with E-state index in [9.17, 15) is 18.0 Å². The van der Waals surface area contributed by atoms with Crippen molar-refractivity contribution in [1.82, 2.24) is 0 Å². The zero-order valence-electron chi connectivity index (χ0n) is 11.0. The summed E-state index contributed by atoms with van der Waals surface area (Å²) >= 11 is 1.52. The van der Waals surface area contributed by atoms with Crippen LogP contribution in [0.15, 0.2) is 18.2 Å². The summed E-state index contributed by atoms with van der Waals surface area (Å²) in [4.78, 5) is 12.0. The maximum Gasteiger partial charge on any atom is 0.417 e. The van der Waals surface area contributed by atoms with Gasteiger partial charge in [-0.25, -0.2) is 0 Å². The first-order valence-corrected chi connectivity index (χ1v) is 7.50. The van der Waals surface area contributed by atoms with E-state index in [1.807, 2.05) is 0 Å². The molecule has 1 aliphatic rings. The van der Waals surface area contributed by atoms with E-state index in [1.54, 1.807) is 0 Å². The van der Waals surface area contributed by atoms with Crippen molar-refractivity contribution in [3.63, 3.8) is 0 Å². The van der Waals surface area contributed by atoms with Gasteiger partial charge in [-0.1, -0.05) is 6.42 Å². The fourth-order valence-corrected chi connectivity index (χ4v) is 3.32. The van der Waals surface area contributed by atoms with Crippen molar-refractivity contribution < 1.29 is 18.0 Å². The third kappa shape index (κ3) is 3.91. The number of nitriles is 1. The SMILES string of the molecule is N#Cc1ccc(NC(=O)C2CCCCS2)cc1C(F)(F)F. The van der Waals surface area contributed by atoms with Crippen LogP contribution in [-0.4, -0.2) is 16.9 Å². The number of halogens is 3. The largest absolute Gasteiger partial charge is 0.417 e. The van der Waals surface area contributed by atoms with E-state index in [1.165, 1.54) is 23.9 Å². The predicted octanol–water partition coefficient (Wildman–Crippen LogP) is 3.80. The van der Waals surface area contributed by atoms with Crippen LogP contribution < -0.4 is 5.32 Å². The summed E-state index contributed by atoms with van der Waals surface area (Å²) in [6.45, 7) is 0. The van der Waals surface area contributed by atoms with Crippen molar-refractivity contribution in [2.24, 2.45) is 0 Å². The van der Waals surface area contributed by atoms with Gasteiger partial charge in [0.25, 0.3) is 0 Å². The Morgan fingerprint density at radius 3 is 2.71 bits per heavy atom. The van der Waals surface area contributed by atoms with Crippen LogP contribution in [0.5, 0.6) is 0 Å². The van der Waals surface area contributed by atoms with E-state index in [-0.39, 0.29) is 16.8 Å². The number of nitrogens with zero attached hydrogens (tertiary/aromatic N) is 1. The Morgan fingerprint density at radius 2 is 2.14 bits per heavy atom. The highest BCUT2D eigenvalue weighted by Crippen LogP contribution is 2.34. The standard InChI is InChI=1S/C14H13F3N2OS/c15-14(16,17)11-7-10(5-4-9(11)8-18)19-13(20)12-3-1-2-6-21-12/h4-5,7,12H,1-3,6H2,(H,19,20). The van der Waals surface area contributed by atoms with Crippen molar-refractivity contribution in [2.45, 2.75) is 30.7 Å². The van der Waals surface area contributed by atoms with Crippen LogP contribution in [0.25, 0.3) is 0 Å². The lowest BCUT2D eigenvalue weighted by atomic mass is 10.1. The van der Waals surface area contributed by atoms with Gasteiger partial charge in [-0.3, -0.25) is 4.79 Å². The van der Waals surface area contributed by atoms with Crippen molar-refractivity contribution in [3.05, 3.63) is 29.3 Å². The van der Waals surface area contributed by atoms with Crippen LogP contribution in [0.3, 0.4) is 0 Å². The van der Waals surface area contributed by atoms with Gasteiger partial charge in [0, 0.05) is 5.69 Å². The first-order chi connectivity index (χ1) is 9.91. The maximum atomic E-state index is 12.8. The predicted molar refractivity (Wildman–Crippen MR) is 74.9 cm³/mol. The third-order valence-corrected chi connectivity index (χ3v) is 4.56. The molecule has 112 valence electrons. The van der Waals surface area contributed by atoms with Gasteiger partial charge < -0.3 is 5.32 Å². The van der Waals surface area contributed by atoms with Gasteiger partial charge in [0.1, 0.15) is 0 Å². The Hall–Kier alpha value is -1.68. The second kappa shape index (κ2) is 6.39. The Balaban J connectivity index is 2.17. The smallest absolute Gasteiger partial charge is 0.325 e. The molecule has 0 radical (unpaired) electrons. The summed E-state index contributed by atoms with van der Waals surface area (Å²) in [7, 11) is 0. The van der Waals surface area contributed by atoms with E-state index >= 15 is 0 Å². The summed E-state index contributed by atoms with van der Waals surface area (Å²) < 4.78 is 38.5. The van der Waals surface area contributed by atoms with Gasteiger partial charge in [0.15, 0.2) is 0 Å². The number of amides is 1. The molecule has 3 nitrogen and oxygen atoms in total. The summed E-state index contributed by atoms with van der Waals surface area (Å²) in [5.74, 6) is 0.608. The van der Waals surface area contributed by atoms with Crippen molar-refractivity contribution in [1.29, 1.82) is 5.26 Å². The van der Waals surface area contributed by atoms with Crippen LogP contribution in [-0.2, 0) is 11.0 Å². The molecule has 0 aliphatic carbocycles. The number of nitrogens with one attached hydrogen (secondary N) is 1. The molecular weight excluding hydrogens is 301 g/mol. The van der Waals surface area contributed by atoms with Gasteiger partial charge in [-0.15, -0.1) is 11.8 Å². The van der Waals surface area contributed by atoms with Gasteiger partial charge in [0.05, 0.1) is 22.4 Å². The van der Waals surface area contributed by atoms with Gasteiger partial charge in [0.2, 0.25) is 5.91 Å².